The second-order valence-corrected chi connectivity index (χ2v) is 21.5. The number of hydrogen-bond acceptors (Lipinski definition) is 14. The molecule has 78 heavy (non-hydrogen) atoms. The van der Waals surface area contributed by atoms with E-state index in [4.69, 9.17) is 9.47 Å². The molecule has 4 saturated heterocycles. The van der Waals surface area contributed by atoms with Crippen LogP contribution in [0, 0.1) is 5.92 Å². The predicted octanol–water partition coefficient (Wildman–Crippen LogP) is 3.94. The van der Waals surface area contributed by atoms with Gasteiger partial charge in [0.05, 0.1) is 62.9 Å². The van der Waals surface area contributed by atoms with E-state index < -0.39 is 42.2 Å². The van der Waals surface area contributed by atoms with Gasteiger partial charge >= 0.3 is 0 Å². The van der Waals surface area contributed by atoms with E-state index in [9.17, 15) is 28.8 Å². The molecular weight excluding hydrogens is 995 g/mol. The molecule has 5 amide bonds. The first-order valence-electron chi connectivity index (χ1n) is 28.4. The highest BCUT2D eigenvalue weighted by atomic mass is 16.5. The topological polar surface area (TPSA) is 249 Å². The Balaban J connectivity index is 0.771. The molecule has 0 spiro atoms. The number of carbonyl (C=O) groups is 6. The lowest BCUT2D eigenvalue weighted by molar-refractivity contribution is -0.146. The van der Waals surface area contributed by atoms with E-state index in [1.807, 2.05) is 80.0 Å². The molecule has 8 rings (SSSR count). The van der Waals surface area contributed by atoms with Crippen molar-refractivity contribution in [1.29, 1.82) is 0 Å². The van der Waals surface area contributed by atoms with Crippen molar-refractivity contribution in [3.8, 4) is 0 Å². The Morgan fingerprint density at radius 3 is 1.56 bits per heavy atom. The lowest BCUT2D eigenvalue weighted by Gasteiger charge is -2.36. The summed E-state index contributed by atoms with van der Waals surface area (Å²) < 4.78 is 15.3. The molecule has 0 saturated carbocycles. The number of carbonyl (C=O) groups excluding carboxylic acids is 6. The summed E-state index contributed by atoms with van der Waals surface area (Å²) in [4.78, 5) is 85.9. The smallest absolute Gasteiger partial charge is 0.246 e. The van der Waals surface area contributed by atoms with Crippen LogP contribution < -0.4 is 26.6 Å². The highest BCUT2D eigenvalue weighted by Gasteiger charge is 2.46. The van der Waals surface area contributed by atoms with Gasteiger partial charge in [0.1, 0.15) is 35.3 Å². The van der Waals surface area contributed by atoms with Crippen molar-refractivity contribution < 1.29 is 38.2 Å². The van der Waals surface area contributed by atoms with Crippen molar-refractivity contribution in [3.05, 3.63) is 95.6 Å². The lowest BCUT2D eigenvalue weighted by atomic mass is 9.89. The van der Waals surface area contributed by atoms with E-state index in [0.29, 0.717) is 76.6 Å². The second-order valence-electron chi connectivity index (χ2n) is 21.5. The fraction of sp³-hybridized carbons (Fsp3) is 0.614. The minimum Gasteiger partial charge on any atom is -0.380 e. The summed E-state index contributed by atoms with van der Waals surface area (Å²) in [5.41, 5.74) is 2.82. The van der Waals surface area contributed by atoms with Gasteiger partial charge < -0.3 is 45.9 Å². The molecule has 6 heterocycles. The van der Waals surface area contributed by atoms with E-state index in [1.54, 1.807) is 40.2 Å². The Hall–Kier alpha value is -6.42. The molecule has 4 aromatic rings. The fourth-order valence-electron chi connectivity index (χ4n) is 11.4. The minimum absolute atomic E-state index is 0.00682. The van der Waals surface area contributed by atoms with Crippen LogP contribution in [0.1, 0.15) is 145 Å². The SMILES string of the molecule is CN[C@@H](C)C(=O)C[C@H]1CCCC[C@H]2CC[C@@H](C(=O)N[C@@H](c3ccccc3)c3cn(CCOCCCCOCCn4cc([C@@H](NC(=O)[C@@H]5CC[C@@H]6CCCC[C@H](NC(=O)[C@H](C)NC)C(=O)N65)c5ccccc5)nn4)nn3)N2C1=O. The van der Waals surface area contributed by atoms with Crippen molar-refractivity contribution in [2.45, 2.75) is 178 Å². The van der Waals surface area contributed by atoms with E-state index in [2.05, 4.69) is 47.2 Å². The van der Waals surface area contributed by atoms with Crippen molar-refractivity contribution in [2.24, 2.45) is 5.92 Å². The molecule has 422 valence electrons. The third-order valence-corrected chi connectivity index (χ3v) is 16.2. The zero-order valence-corrected chi connectivity index (χ0v) is 45.9. The molecule has 21 nitrogen and oxygen atoms in total. The zero-order chi connectivity index (χ0) is 55.0. The summed E-state index contributed by atoms with van der Waals surface area (Å²) in [6.45, 7) is 6.38. The number of benzene rings is 2. The summed E-state index contributed by atoms with van der Waals surface area (Å²) in [5.74, 6) is -1.47. The third kappa shape index (κ3) is 14.8. The van der Waals surface area contributed by atoms with Crippen LogP contribution in [0.15, 0.2) is 73.1 Å². The fourth-order valence-corrected chi connectivity index (χ4v) is 11.4. The molecular formula is C57H81N13O8. The van der Waals surface area contributed by atoms with Gasteiger partial charge in [-0.25, -0.2) is 9.36 Å². The molecule has 0 unspecified atom stereocenters. The maximum absolute atomic E-state index is 14.2. The van der Waals surface area contributed by atoms with Crippen molar-refractivity contribution >= 4 is 35.3 Å². The predicted molar refractivity (Wildman–Crippen MR) is 290 cm³/mol. The first kappa shape index (κ1) is 57.7. The highest BCUT2D eigenvalue weighted by Crippen LogP contribution is 2.36. The maximum Gasteiger partial charge on any atom is 0.246 e. The van der Waals surface area contributed by atoms with E-state index in [0.717, 1.165) is 75.3 Å². The van der Waals surface area contributed by atoms with E-state index in [-0.39, 0.29) is 59.9 Å². The molecule has 4 fully saturated rings. The molecule has 21 heteroatoms. The standard InChI is InChI=1S/C57H81N13O8/c1-38(58-3)50(71)35-42-21-11-12-22-43-25-27-48(69(43)56(42)75)54(73)61-51(40-17-7-5-8-18-40)46-36-67(65-63-46)29-33-77-31-15-16-32-78-34-30-68-37-47(64-66-68)52(41-19-9-6-10-20-41)62-55(74)49-28-26-44-23-13-14-24-45(57(76)70(44)49)60-53(72)39(2)59-4/h5-10,17-20,36-39,42-45,48-49,51-52,58-59H,11-16,21-35H2,1-4H3,(H,60,72)(H,61,73)(H,62,74)/t38-,39-,42+,43-,44-,45-,48-,49-,51-,52-/m0/s1. The zero-order valence-electron chi connectivity index (χ0n) is 45.9. The van der Waals surface area contributed by atoms with Crippen LogP contribution in [0.4, 0.5) is 0 Å². The van der Waals surface area contributed by atoms with Gasteiger partial charge in [0, 0.05) is 37.6 Å². The van der Waals surface area contributed by atoms with E-state index in [1.165, 1.54) is 0 Å². The van der Waals surface area contributed by atoms with Crippen molar-refractivity contribution in [2.75, 3.05) is 40.5 Å². The number of fused-ring (bicyclic) bond motifs is 2. The van der Waals surface area contributed by atoms with Gasteiger partial charge in [-0.15, -0.1) is 10.2 Å². The normalized spacial score (nSPS) is 23.2. The summed E-state index contributed by atoms with van der Waals surface area (Å²) >= 11 is 0. The molecule has 5 N–H and O–H groups in total. The maximum atomic E-state index is 14.2. The van der Waals surface area contributed by atoms with Crippen LogP contribution in [-0.2, 0) is 51.3 Å². The Labute approximate surface area is 458 Å². The number of hydrogen-bond donors (Lipinski definition) is 5. The van der Waals surface area contributed by atoms with Crippen molar-refractivity contribution in [3.63, 3.8) is 0 Å². The number of likely N-dealkylation sites (N-methyl/N-ethyl adjacent to an activating group) is 2. The number of aromatic nitrogens is 6. The number of unbranched alkanes of at least 4 members (excludes halogenated alkanes) is 1. The number of nitrogens with one attached hydrogen (secondary N) is 5. The van der Waals surface area contributed by atoms with E-state index >= 15 is 0 Å². The third-order valence-electron chi connectivity index (χ3n) is 16.2. The molecule has 4 aliphatic heterocycles. The van der Waals surface area contributed by atoms with Crippen LogP contribution in [0.2, 0.25) is 0 Å². The lowest BCUT2D eigenvalue weighted by Crippen LogP contribution is -2.58. The summed E-state index contributed by atoms with van der Waals surface area (Å²) in [6, 6.07) is 15.2. The van der Waals surface area contributed by atoms with Gasteiger partial charge in [-0.05, 0) is 103 Å². The molecule has 4 aliphatic rings. The van der Waals surface area contributed by atoms with Crippen LogP contribution >= 0.6 is 0 Å². The summed E-state index contributed by atoms with van der Waals surface area (Å²) in [6.07, 6.45) is 14.4. The number of Topliss-reactive ketones (excluding diaryl/α,β-unsaturated/α-hetero) is 1. The molecule has 2 aromatic heterocycles. The molecule has 0 aliphatic carbocycles. The van der Waals surface area contributed by atoms with Gasteiger partial charge in [0.15, 0.2) is 0 Å². The Morgan fingerprint density at radius 1 is 0.590 bits per heavy atom. The average molecular weight is 1080 g/mol. The van der Waals surface area contributed by atoms with Gasteiger partial charge in [-0.1, -0.05) is 96.8 Å². The minimum atomic E-state index is -0.688. The van der Waals surface area contributed by atoms with Crippen LogP contribution in [0.5, 0.6) is 0 Å². The first-order chi connectivity index (χ1) is 37.9. The largest absolute Gasteiger partial charge is 0.380 e. The van der Waals surface area contributed by atoms with Gasteiger partial charge in [0.25, 0.3) is 0 Å². The number of nitrogens with zero attached hydrogens (tertiary/aromatic N) is 8. The highest BCUT2D eigenvalue weighted by molar-refractivity contribution is 5.95. The molecule has 0 radical (unpaired) electrons. The van der Waals surface area contributed by atoms with Crippen LogP contribution in [0.25, 0.3) is 0 Å². The molecule has 0 bridgehead atoms. The summed E-state index contributed by atoms with van der Waals surface area (Å²) in [7, 11) is 3.45. The summed E-state index contributed by atoms with van der Waals surface area (Å²) in [5, 5.41) is 33.0. The first-order valence-corrected chi connectivity index (χ1v) is 28.4. The number of amides is 5. The monoisotopic (exact) mass is 1080 g/mol. The Bertz CT molecular complexity index is 2420. The van der Waals surface area contributed by atoms with Crippen LogP contribution in [0.3, 0.4) is 0 Å². The number of ketones is 1. The van der Waals surface area contributed by atoms with Gasteiger partial charge in [-0.3, -0.25) is 28.8 Å². The molecule has 2 aromatic carbocycles. The second kappa shape index (κ2) is 28.5. The van der Waals surface area contributed by atoms with Gasteiger partial charge in [-0.2, -0.15) is 0 Å². The molecule has 10 atom stereocenters. The van der Waals surface area contributed by atoms with Crippen LogP contribution in [-0.4, -0.2) is 158 Å². The number of ether oxygens (including phenoxy) is 2. The Morgan fingerprint density at radius 2 is 1.06 bits per heavy atom. The van der Waals surface area contributed by atoms with Crippen molar-refractivity contribution in [1.82, 2.24) is 66.4 Å². The Kier molecular flexibility index (Phi) is 21.1. The average Bonchev–Trinajstić information content (AvgIpc) is 4.32. The van der Waals surface area contributed by atoms with Gasteiger partial charge in [0.2, 0.25) is 29.5 Å². The number of rotatable bonds is 26. The quantitative estimate of drug-likeness (QED) is 0.0560.